The SMILES string of the molecule is O=C(NCCCn1ccnn1)N(Cc1ccc(F)cc1)C1CCCCC1. The van der Waals surface area contributed by atoms with Crippen molar-refractivity contribution in [3.05, 3.63) is 48.0 Å². The molecule has 0 saturated heterocycles. The molecule has 0 spiro atoms. The van der Waals surface area contributed by atoms with Gasteiger partial charge >= 0.3 is 6.03 Å². The van der Waals surface area contributed by atoms with Crippen molar-refractivity contribution in [1.82, 2.24) is 25.2 Å². The number of aryl methyl sites for hydroxylation is 1. The van der Waals surface area contributed by atoms with E-state index in [0.717, 1.165) is 44.2 Å². The molecule has 2 aromatic rings. The normalized spacial score (nSPS) is 15.0. The van der Waals surface area contributed by atoms with Gasteiger partial charge in [-0.1, -0.05) is 36.6 Å². The topological polar surface area (TPSA) is 63.1 Å². The van der Waals surface area contributed by atoms with Gasteiger partial charge < -0.3 is 10.2 Å². The number of hydrogen-bond acceptors (Lipinski definition) is 3. The molecule has 1 heterocycles. The number of urea groups is 1. The monoisotopic (exact) mass is 359 g/mol. The van der Waals surface area contributed by atoms with Crippen LogP contribution in [0.2, 0.25) is 0 Å². The molecule has 3 rings (SSSR count). The molecule has 0 atom stereocenters. The molecule has 0 radical (unpaired) electrons. The zero-order chi connectivity index (χ0) is 18.2. The third-order valence-corrected chi connectivity index (χ3v) is 4.85. The molecule has 1 saturated carbocycles. The third-order valence-electron chi connectivity index (χ3n) is 4.85. The van der Waals surface area contributed by atoms with Crippen LogP contribution in [0.1, 0.15) is 44.1 Å². The minimum absolute atomic E-state index is 0.0418. The van der Waals surface area contributed by atoms with Gasteiger partial charge in [0.25, 0.3) is 0 Å². The fourth-order valence-electron chi connectivity index (χ4n) is 3.44. The van der Waals surface area contributed by atoms with Crippen molar-refractivity contribution < 1.29 is 9.18 Å². The Bertz CT molecular complexity index is 668. The van der Waals surface area contributed by atoms with E-state index in [0.29, 0.717) is 13.1 Å². The van der Waals surface area contributed by atoms with Crippen LogP contribution in [0.25, 0.3) is 0 Å². The molecule has 0 bridgehead atoms. The Balaban J connectivity index is 1.56. The molecule has 1 N–H and O–H groups in total. The van der Waals surface area contributed by atoms with Gasteiger partial charge in [-0.2, -0.15) is 0 Å². The zero-order valence-electron chi connectivity index (χ0n) is 15.0. The molecule has 0 unspecified atom stereocenters. The van der Waals surface area contributed by atoms with Crippen molar-refractivity contribution in [2.45, 2.75) is 57.7 Å². The molecule has 0 aliphatic heterocycles. The van der Waals surface area contributed by atoms with Crippen LogP contribution in [0.5, 0.6) is 0 Å². The summed E-state index contributed by atoms with van der Waals surface area (Å²) in [4.78, 5) is 14.7. The van der Waals surface area contributed by atoms with E-state index in [-0.39, 0.29) is 17.9 Å². The summed E-state index contributed by atoms with van der Waals surface area (Å²) in [7, 11) is 0. The highest BCUT2D eigenvalue weighted by Gasteiger charge is 2.25. The van der Waals surface area contributed by atoms with Crippen LogP contribution in [0, 0.1) is 5.82 Å². The highest BCUT2D eigenvalue weighted by molar-refractivity contribution is 5.74. The van der Waals surface area contributed by atoms with E-state index in [1.165, 1.54) is 18.6 Å². The maximum absolute atomic E-state index is 13.2. The molecule has 2 amide bonds. The number of carbonyl (C=O) groups excluding carboxylic acids is 1. The van der Waals surface area contributed by atoms with Gasteiger partial charge in [0.15, 0.2) is 0 Å². The average molecular weight is 359 g/mol. The van der Waals surface area contributed by atoms with E-state index in [9.17, 15) is 9.18 Å². The minimum Gasteiger partial charge on any atom is -0.338 e. The summed E-state index contributed by atoms with van der Waals surface area (Å²) in [5.41, 5.74) is 0.953. The second kappa shape index (κ2) is 9.31. The Hall–Kier alpha value is -2.44. The lowest BCUT2D eigenvalue weighted by Gasteiger charge is -2.34. The van der Waals surface area contributed by atoms with E-state index in [2.05, 4.69) is 15.6 Å². The summed E-state index contributed by atoms with van der Waals surface area (Å²) in [5, 5.41) is 10.7. The van der Waals surface area contributed by atoms with Crippen LogP contribution in [0.15, 0.2) is 36.7 Å². The van der Waals surface area contributed by atoms with E-state index in [1.54, 1.807) is 23.0 Å². The highest BCUT2D eigenvalue weighted by Crippen LogP contribution is 2.24. The van der Waals surface area contributed by atoms with Crippen LogP contribution in [0.3, 0.4) is 0 Å². The predicted molar refractivity (Wildman–Crippen MR) is 96.9 cm³/mol. The first-order valence-electron chi connectivity index (χ1n) is 9.35. The number of rotatable bonds is 7. The second-order valence-corrected chi connectivity index (χ2v) is 6.80. The first kappa shape index (κ1) is 18.4. The van der Waals surface area contributed by atoms with E-state index in [4.69, 9.17) is 0 Å². The lowest BCUT2D eigenvalue weighted by Crippen LogP contribution is -2.46. The van der Waals surface area contributed by atoms with E-state index >= 15 is 0 Å². The Morgan fingerprint density at radius 2 is 2.00 bits per heavy atom. The van der Waals surface area contributed by atoms with Crippen molar-refractivity contribution in [1.29, 1.82) is 0 Å². The maximum Gasteiger partial charge on any atom is 0.317 e. The van der Waals surface area contributed by atoms with Gasteiger partial charge in [0.1, 0.15) is 5.82 Å². The van der Waals surface area contributed by atoms with Gasteiger partial charge in [0.2, 0.25) is 0 Å². The van der Waals surface area contributed by atoms with Crippen molar-refractivity contribution >= 4 is 6.03 Å². The molecule has 26 heavy (non-hydrogen) atoms. The minimum atomic E-state index is -0.254. The Labute approximate surface area is 153 Å². The van der Waals surface area contributed by atoms with Gasteiger partial charge in [-0.25, -0.2) is 9.18 Å². The highest BCUT2D eigenvalue weighted by atomic mass is 19.1. The standard InChI is InChI=1S/C19H26FN5O/c20-17-9-7-16(8-10-17)15-25(18-5-2-1-3-6-18)19(26)21-11-4-13-24-14-12-22-23-24/h7-10,12,14,18H,1-6,11,13,15H2,(H,21,26). The largest absolute Gasteiger partial charge is 0.338 e. The molecule has 1 aromatic heterocycles. The first-order valence-corrected chi connectivity index (χ1v) is 9.35. The summed E-state index contributed by atoms with van der Waals surface area (Å²) in [6.07, 6.45) is 9.87. The number of nitrogens with zero attached hydrogens (tertiary/aromatic N) is 4. The summed E-state index contributed by atoms with van der Waals surface area (Å²) >= 11 is 0. The van der Waals surface area contributed by atoms with Gasteiger partial charge in [-0.15, -0.1) is 5.10 Å². The number of benzene rings is 1. The number of amides is 2. The summed E-state index contributed by atoms with van der Waals surface area (Å²) in [6.45, 7) is 1.83. The number of carbonyl (C=O) groups is 1. The lowest BCUT2D eigenvalue weighted by molar-refractivity contribution is 0.151. The summed E-state index contributed by atoms with van der Waals surface area (Å²) in [5.74, 6) is -0.254. The van der Waals surface area contributed by atoms with Gasteiger partial charge in [0.05, 0.1) is 6.20 Å². The molecule has 1 fully saturated rings. The second-order valence-electron chi connectivity index (χ2n) is 6.80. The summed E-state index contributed by atoms with van der Waals surface area (Å²) < 4.78 is 14.9. The molecule has 6 nitrogen and oxygen atoms in total. The van der Waals surface area contributed by atoms with Crippen molar-refractivity contribution in [3.63, 3.8) is 0 Å². The van der Waals surface area contributed by atoms with Crippen LogP contribution in [-0.4, -0.2) is 38.5 Å². The number of nitrogens with one attached hydrogen (secondary N) is 1. The number of aromatic nitrogens is 3. The van der Waals surface area contributed by atoms with Gasteiger partial charge in [-0.3, -0.25) is 4.68 Å². The maximum atomic E-state index is 13.2. The molecular weight excluding hydrogens is 333 g/mol. The summed E-state index contributed by atoms with van der Waals surface area (Å²) in [6, 6.07) is 6.62. The third kappa shape index (κ3) is 5.28. The molecule has 1 aliphatic rings. The zero-order valence-corrected chi connectivity index (χ0v) is 15.0. The fraction of sp³-hybridized carbons (Fsp3) is 0.526. The lowest BCUT2D eigenvalue weighted by atomic mass is 9.94. The van der Waals surface area contributed by atoms with Gasteiger partial charge in [-0.05, 0) is 37.0 Å². The number of hydrogen-bond donors (Lipinski definition) is 1. The van der Waals surface area contributed by atoms with Crippen LogP contribution < -0.4 is 5.32 Å². The molecule has 1 aromatic carbocycles. The van der Waals surface area contributed by atoms with Crippen LogP contribution in [-0.2, 0) is 13.1 Å². The smallest absolute Gasteiger partial charge is 0.317 e. The first-order chi connectivity index (χ1) is 12.7. The van der Waals surface area contributed by atoms with Crippen LogP contribution >= 0.6 is 0 Å². The van der Waals surface area contributed by atoms with E-state index < -0.39 is 0 Å². The molecular formula is C19H26FN5O. The van der Waals surface area contributed by atoms with Crippen molar-refractivity contribution in [2.24, 2.45) is 0 Å². The van der Waals surface area contributed by atoms with Crippen molar-refractivity contribution in [2.75, 3.05) is 6.54 Å². The molecule has 140 valence electrons. The Morgan fingerprint density at radius 3 is 2.69 bits per heavy atom. The molecule has 1 aliphatic carbocycles. The van der Waals surface area contributed by atoms with Crippen LogP contribution in [0.4, 0.5) is 9.18 Å². The number of halogens is 1. The van der Waals surface area contributed by atoms with Gasteiger partial charge in [0, 0.05) is 31.9 Å². The average Bonchev–Trinajstić information content (AvgIpc) is 3.19. The molecule has 7 heteroatoms. The van der Waals surface area contributed by atoms with E-state index in [1.807, 2.05) is 11.1 Å². The Kier molecular flexibility index (Phi) is 6.57. The Morgan fingerprint density at radius 1 is 1.23 bits per heavy atom. The van der Waals surface area contributed by atoms with Crippen molar-refractivity contribution in [3.8, 4) is 0 Å². The predicted octanol–water partition coefficient (Wildman–Crippen LogP) is 3.35. The quantitative estimate of drug-likeness (QED) is 0.771. The fourth-order valence-corrected chi connectivity index (χ4v) is 3.44.